The van der Waals surface area contributed by atoms with E-state index < -0.39 is 18.2 Å². The molecule has 0 aliphatic heterocycles. The van der Waals surface area contributed by atoms with Crippen LogP contribution in [0.15, 0.2) is 73.3 Å². The van der Waals surface area contributed by atoms with E-state index in [1.807, 2.05) is 60.3 Å². The number of ether oxygens (including phenoxy) is 1. The Hall–Kier alpha value is -4.80. The van der Waals surface area contributed by atoms with Gasteiger partial charge in [0.25, 0.3) is 6.43 Å². The molecule has 0 saturated carbocycles. The van der Waals surface area contributed by atoms with Crippen LogP contribution in [0.25, 0.3) is 10.8 Å². The molecule has 0 radical (unpaired) electrons. The van der Waals surface area contributed by atoms with Gasteiger partial charge in [0, 0.05) is 24.3 Å². The number of aryl methyl sites for hydroxylation is 1. The molecule has 0 saturated heterocycles. The van der Waals surface area contributed by atoms with Crippen molar-refractivity contribution in [3.63, 3.8) is 0 Å². The monoisotopic (exact) mass is 517 g/mol. The standard InChI is InChI=1S/C27H25F2N7O2/c1-17-11-33-35(13-17)14-18-2-4-19(5-3-18)15-36-16-23(24(34-36)25(28)29)38-27(37)32-12-20-6-7-22-21(10-20)8-9-31-26(22)30/h2-11,13,16,25H,12,14-15H2,1H3,(H2,30,31)(H,32,37). The lowest BCUT2D eigenvalue weighted by molar-refractivity contribution is 0.140. The van der Waals surface area contributed by atoms with Crippen LogP contribution < -0.4 is 15.8 Å². The summed E-state index contributed by atoms with van der Waals surface area (Å²) in [5.41, 5.74) is 9.05. The Balaban J connectivity index is 1.21. The largest absolute Gasteiger partial charge is 0.412 e. The van der Waals surface area contributed by atoms with E-state index in [2.05, 4.69) is 20.5 Å². The van der Waals surface area contributed by atoms with Gasteiger partial charge in [-0.15, -0.1) is 0 Å². The molecule has 38 heavy (non-hydrogen) atoms. The van der Waals surface area contributed by atoms with E-state index in [0.717, 1.165) is 33.0 Å². The number of alkyl halides is 2. The number of nitrogens with two attached hydrogens (primary N) is 1. The summed E-state index contributed by atoms with van der Waals surface area (Å²) in [5, 5.41) is 12.5. The summed E-state index contributed by atoms with van der Waals surface area (Å²) in [5.74, 6) is 0.124. The van der Waals surface area contributed by atoms with Gasteiger partial charge >= 0.3 is 6.09 Å². The minimum Gasteiger partial charge on any atom is -0.406 e. The van der Waals surface area contributed by atoms with Crippen molar-refractivity contribution in [2.45, 2.75) is 33.0 Å². The average Bonchev–Trinajstić information content (AvgIpc) is 3.49. The van der Waals surface area contributed by atoms with Crippen molar-refractivity contribution >= 4 is 22.7 Å². The smallest absolute Gasteiger partial charge is 0.406 e. The van der Waals surface area contributed by atoms with Gasteiger partial charge in [0.1, 0.15) is 5.82 Å². The fourth-order valence-corrected chi connectivity index (χ4v) is 4.08. The highest BCUT2D eigenvalue weighted by molar-refractivity contribution is 5.91. The second-order valence-electron chi connectivity index (χ2n) is 8.90. The summed E-state index contributed by atoms with van der Waals surface area (Å²) < 4.78 is 35.6. The number of hydrogen-bond donors (Lipinski definition) is 2. The molecule has 3 heterocycles. The third-order valence-corrected chi connectivity index (χ3v) is 5.94. The molecule has 5 aromatic rings. The van der Waals surface area contributed by atoms with Gasteiger partial charge in [0.15, 0.2) is 11.4 Å². The van der Waals surface area contributed by atoms with E-state index in [0.29, 0.717) is 12.4 Å². The van der Waals surface area contributed by atoms with Crippen molar-refractivity contribution < 1.29 is 18.3 Å². The number of hydrogen-bond acceptors (Lipinski definition) is 6. The van der Waals surface area contributed by atoms with Crippen molar-refractivity contribution in [3.05, 3.63) is 101 Å². The summed E-state index contributed by atoms with van der Waals surface area (Å²) in [4.78, 5) is 16.4. The normalized spacial score (nSPS) is 11.3. The summed E-state index contributed by atoms with van der Waals surface area (Å²) in [7, 11) is 0. The van der Waals surface area contributed by atoms with E-state index in [4.69, 9.17) is 10.5 Å². The molecule has 2 aromatic carbocycles. The maximum Gasteiger partial charge on any atom is 0.412 e. The number of benzene rings is 2. The number of pyridine rings is 1. The molecule has 5 rings (SSSR count). The first-order valence-corrected chi connectivity index (χ1v) is 11.9. The summed E-state index contributed by atoms with van der Waals surface area (Å²) in [6.07, 6.45) is 2.88. The first kappa shape index (κ1) is 24.9. The Kier molecular flexibility index (Phi) is 6.98. The van der Waals surface area contributed by atoms with Crippen LogP contribution in [0.1, 0.15) is 34.4 Å². The lowest BCUT2D eigenvalue weighted by Crippen LogP contribution is -2.26. The molecule has 9 nitrogen and oxygen atoms in total. The van der Waals surface area contributed by atoms with E-state index in [1.165, 1.54) is 10.9 Å². The number of halogens is 2. The molecular formula is C27H25F2N7O2. The number of aromatic nitrogens is 5. The number of nitrogens with one attached hydrogen (secondary N) is 1. The molecule has 194 valence electrons. The number of rotatable bonds is 8. The van der Waals surface area contributed by atoms with E-state index in [-0.39, 0.29) is 18.8 Å². The zero-order valence-corrected chi connectivity index (χ0v) is 20.5. The van der Waals surface area contributed by atoms with Crippen molar-refractivity contribution in [2.24, 2.45) is 0 Å². The van der Waals surface area contributed by atoms with Crippen molar-refractivity contribution in [1.29, 1.82) is 0 Å². The number of fused-ring (bicyclic) bond motifs is 1. The molecule has 1 amide bonds. The number of nitrogen functional groups attached to an aromatic ring is 1. The minimum absolute atomic E-state index is 0.138. The fraction of sp³-hybridized carbons (Fsp3) is 0.185. The number of nitrogens with zero attached hydrogens (tertiary/aromatic N) is 5. The molecule has 0 atom stereocenters. The third-order valence-electron chi connectivity index (χ3n) is 5.94. The van der Waals surface area contributed by atoms with Gasteiger partial charge in [-0.25, -0.2) is 18.6 Å². The minimum atomic E-state index is -2.90. The Morgan fingerprint density at radius 1 is 1.03 bits per heavy atom. The zero-order chi connectivity index (χ0) is 26.6. The summed E-state index contributed by atoms with van der Waals surface area (Å²) in [6.45, 7) is 2.98. The van der Waals surface area contributed by atoms with Crippen molar-refractivity contribution in [1.82, 2.24) is 29.9 Å². The average molecular weight is 518 g/mol. The van der Waals surface area contributed by atoms with Gasteiger partial charge in [-0.3, -0.25) is 9.36 Å². The second kappa shape index (κ2) is 10.7. The fourth-order valence-electron chi connectivity index (χ4n) is 4.08. The molecule has 0 aliphatic rings. The molecule has 0 unspecified atom stereocenters. The van der Waals surface area contributed by atoms with E-state index in [1.54, 1.807) is 18.5 Å². The van der Waals surface area contributed by atoms with Gasteiger partial charge in [0.2, 0.25) is 0 Å². The predicted octanol–water partition coefficient (Wildman–Crippen LogP) is 4.84. The van der Waals surface area contributed by atoms with Crippen LogP contribution in [0.5, 0.6) is 5.75 Å². The summed E-state index contributed by atoms with van der Waals surface area (Å²) in [6, 6.07) is 15.0. The van der Waals surface area contributed by atoms with Gasteiger partial charge < -0.3 is 15.8 Å². The first-order valence-electron chi connectivity index (χ1n) is 11.9. The van der Waals surface area contributed by atoms with E-state index in [9.17, 15) is 13.6 Å². The van der Waals surface area contributed by atoms with E-state index >= 15 is 0 Å². The maximum atomic E-state index is 13.6. The molecule has 0 fully saturated rings. The van der Waals surface area contributed by atoms with Crippen LogP contribution in [0.2, 0.25) is 0 Å². The SMILES string of the molecule is Cc1cnn(Cc2ccc(Cn3cc(OC(=O)NCc4ccc5c(N)nccc5c4)c(C(F)F)n3)cc2)c1. The quantitative estimate of drug-likeness (QED) is 0.305. The lowest BCUT2D eigenvalue weighted by atomic mass is 10.1. The highest BCUT2D eigenvalue weighted by atomic mass is 19.3. The molecule has 3 N–H and O–H groups in total. The molecule has 0 aliphatic carbocycles. The second-order valence-corrected chi connectivity index (χ2v) is 8.90. The van der Waals surface area contributed by atoms with Crippen LogP contribution in [0.4, 0.5) is 19.4 Å². The van der Waals surface area contributed by atoms with Crippen molar-refractivity contribution in [3.8, 4) is 5.75 Å². The van der Waals surface area contributed by atoms with Crippen LogP contribution in [-0.4, -0.2) is 30.6 Å². The summed E-state index contributed by atoms with van der Waals surface area (Å²) >= 11 is 0. The Morgan fingerprint density at radius 2 is 1.74 bits per heavy atom. The molecular weight excluding hydrogens is 492 g/mol. The number of carbonyl (C=O) groups is 1. The van der Waals surface area contributed by atoms with Crippen LogP contribution >= 0.6 is 0 Å². The third kappa shape index (κ3) is 5.77. The molecule has 3 aromatic heterocycles. The van der Waals surface area contributed by atoms with Gasteiger partial charge in [-0.1, -0.05) is 36.4 Å². The van der Waals surface area contributed by atoms with Gasteiger partial charge in [-0.2, -0.15) is 10.2 Å². The molecule has 11 heteroatoms. The first-order chi connectivity index (χ1) is 18.3. The topological polar surface area (TPSA) is 113 Å². The Morgan fingerprint density at radius 3 is 2.42 bits per heavy atom. The zero-order valence-electron chi connectivity index (χ0n) is 20.5. The molecule has 0 spiro atoms. The maximum absolute atomic E-state index is 13.6. The van der Waals surface area contributed by atoms with Gasteiger partial charge in [0.05, 0.1) is 25.5 Å². The van der Waals surface area contributed by atoms with Crippen LogP contribution in [-0.2, 0) is 19.6 Å². The number of amides is 1. The number of carbonyl (C=O) groups excluding carboxylic acids is 1. The Labute approximate surface area is 216 Å². The highest BCUT2D eigenvalue weighted by Gasteiger charge is 2.22. The van der Waals surface area contributed by atoms with Crippen LogP contribution in [0, 0.1) is 6.92 Å². The highest BCUT2D eigenvalue weighted by Crippen LogP contribution is 2.28. The Bertz CT molecular complexity index is 1580. The van der Waals surface area contributed by atoms with Gasteiger partial charge in [-0.05, 0) is 46.7 Å². The lowest BCUT2D eigenvalue weighted by Gasteiger charge is -2.08. The van der Waals surface area contributed by atoms with Crippen molar-refractivity contribution in [2.75, 3.05) is 5.73 Å². The molecule has 0 bridgehead atoms. The number of anilines is 1. The van der Waals surface area contributed by atoms with Crippen LogP contribution in [0.3, 0.4) is 0 Å². The predicted molar refractivity (Wildman–Crippen MR) is 138 cm³/mol.